The summed E-state index contributed by atoms with van der Waals surface area (Å²) in [6, 6.07) is 6.29. The molecule has 2 aliphatic carbocycles. The summed E-state index contributed by atoms with van der Waals surface area (Å²) in [6.07, 6.45) is 6.77. The van der Waals surface area contributed by atoms with E-state index >= 15 is 0 Å². The first-order valence-electron chi connectivity index (χ1n) is 9.99. The molecule has 0 aromatic heterocycles. The number of benzene rings is 1. The number of nitrogens with two attached hydrogens (primary N) is 1. The molecular formula is C21H30N2O3. The van der Waals surface area contributed by atoms with Crippen LogP contribution in [0.3, 0.4) is 0 Å². The minimum atomic E-state index is -0.391. The Morgan fingerprint density at radius 3 is 2.96 bits per heavy atom. The van der Waals surface area contributed by atoms with Crippen LogP contribution in [0.25, 0.3) is 0 Å². The molecule has 1 saturated heterocycles. The number of hydrogen-bond acceptors (Lipinski definition) is 4. The summed E-state index contributed by atoms with van der Waals surface area (Å²) in [4.78, 5) is 12.1. The second-order valence-electron chi connectivity index (χ2n) is 8.50. The van der Waals surface area contributed by atoms with Gasteiger partial charge < -0.3 is 20.5 Å². The van der Waals surface area contributed by atoms with Crippen molar-refractivity contribution in [3.05, 3.63) is 29.3 Å². The zero-order valence-corrected chi connectivity index (χ0v) is 15.6. The van der Waals surface area contributed by atoms with Crippen molar-refractivity contribution in [3.63, 3.8) is 0 Å². The number of ether oxygens (including phenoxy) is 2. The second kappa shape index (κ2) is 7.20. The summed E-state index contributed by atoms with van der Waals surface area (Å²) in [5, 5.41) is 2.83. The summed E-state index contributed by atoms with van der Waals surface area (Å²) in [7, 11) is 0. The molecule has 1 aromatic rings. The number of nitrogens with one attached hydrogen (secondary N) is 1. The highest BCUT2D eigenvalue weighted by atomic mass is 16.6. The van der Waals surface area contributed by atoms with Crippen LogP contribution in [0.5, 0.6) is 5.75 Å². The molecule has 0 spiro atoms. The summed E-state index contributed by atoms with van der Waals surface area (Å²) in [6.45, 7) is 4.34. The van der Waals surface area contributed by atoms with E-state index in [1.54, 1.807) is 0 Å². The average molecular weight is 358 g/mol. The van der Waals surface area contributed by atoms with Gasteiger partial charge in [-0.15, -0.1) is 0 Å². The van der Waals surface area contributed by atoms with E-state index in [4.69, 9.17) is 15.2 Å². The van der Waals surface area contributed by atoms with E-state index in [1.807, 2.05) is 6.07 Å². The van der Waals surface area contributed by atoms with Gasteiger partial charge in [-0.1, -0.05) is 32.3 Å². The zero-order chi connectivity index (χ0) is 18.1. The van der Waals surface area contributed by atoms with Crippen LogP contribution in [0.4, 0.5) is 4.79 Å². The van der Waals surface area contributed by atoms with Gasteiger partial charge in [-0.05, 0) is 48.4 Å². The number of carbonyl (C=O) groups is 1. The molecule has 1 saturated carbocycles. The van der Waals surface area contributed by atoms with E-state index in [1.165, 1.54) is 36.8 Å². The molecule has 3 aliphatic rings. The largest absolute Gasteiger partial charge is 0.412 e. The molecule has 4 rings (SSSR count). The van der Waals surface area contributed by atoms with Crippen molar-refractivity contribution in [3.8, 4) is 5.75 Å². The summed E-state index contributed by atoms with van der Waals surface area (Å²) < 4.78 is 10.7. The van der Waals surface area contributed by atoms with Gasteiger partial charge in [0, 0.05) is 23.9 Å². The SMILES string of the molecule is C[C@@]12CCCCCC(Cc3ccc(OC(=O)NCC4COC4)cc31)[C@@H]2N. The Labute approximate surface area is 155 Å². The maximum absolute atomic E-state index is 12.1. The lowest BCUT2D eigenvalue weighted by atomic mass is 9.60. The van der Waals surface area contributed by atoms with Crippen LogP contribution in [0, 0.1) is 11.8 Å². The Balaban J connectivity index is 1.51. The molecule has 1 unspecified atom stereocenters. The van der Waals surface area contributed by atoms with E-state index in [2.05, 4.69) is 24.4 Å². The molecule has 142 valence electrons. The number of rotatable bonds is 3. The van der Waals surface area contributed by atoms with E-state index in [9.17, 15) is 4.79 Å². The zero-order valence-electron chi connectivity index (χ0n) is 15.6. The van der Waals surface area contributed by atoms with Gasteiger partial charge in [0.15, 0.2) is 0 Å². The molecule has 26 heavy (non-hydrogen) atoms. The Bertz CT molecular complexity index is 673. The molecule has 2 fully saturated rings. The standard InChI is InChI=1S/C21H30N2O3/c1-21-8-4-2-3-5-16(19(21)22)9-15-6-7-17(10-18(15)21)26-20(24)23-11-14-12-25-13-14/h6-7,10,14,16,19H,2-5,8-9,11-13,22H2,1H3,(H,23,24)/t16?,19-,21+/m0/s1. The molecular weight excluding hydrogens is 328 g/mol. The maximum atomic E-state index is 12.1. The molecule has 1 amide bonds. The number of fused-ring (bicyclic) bond motifs is 4. The lowest BCUT2D eigenvalue weighted by Crippen LogP contribution is -2.52. The van der Waals surface area contributed by atoms with Crippen molar-refractivity contribution in [2.45, 2.75) is 56.9 Å². The van der Waals surface area contributed by atoms with Crippen molar-refractivity contribution < 1.29 is 14.3 Å². The molecule has 1 aliphatic heterocycles. The Hall–Kier alpha value is -1.59. The number of hydrogen-bond donors (Lipinski definition) is 2. The van der Waals surface area contributed by atoms with Gasteiger partial charge in [0.05, 0.1) is 13.2 Å². The quantitative estimate of drug-likeness (QED) is 0.870. The maximum Gasteiger partial charge on any atom is 0.412 e. The van der Waals surface area contributed by atoms with E-state index in [0.29, 0.717) is 24.1 Å². The van der Waals surface area contributed by atoms with Crippen LogP contribution in [0.1, 0.15) is 50.2 Å². The first-order chi connectivity index (χ1) is 12.6. The summed E-state index contributed by atoms with van der Waals surface area (Å²) in [5.74, 6) is 1.59. The first kappa shape index (κ1) is 17.8. The van der Waals surface area contributed by atoms with Gasteiger partial charge in [0.1, 0.15) is 5.75 Å². The van der Waals surface area contributed by atoms with Gasteiger partial charge in [-0.3, -0.25) is 0 Å². The highest BCUT2D eigenvalue weighted by Crippen LogP contribution is 2.46. The summed E-state index contributed by atoms with van der Waals surface area (Å²) in [5.41, 5.74) is 9.35. The third kappa shape index (κ3) is 3.35. The van der Waals surface area contributed by atoms with E-state index in [0.717, 1.165) is 26.1 Å². The predicted octanol–water partition coefficient (Wildman–Crippen LogP) is 3.14. The van der Waals surface area contributed by atoms with Crippen molar-refractivity contribution in [1.29, 1.82) is 0 Å². The van der Waals surface area contributed by atoms with E-state index in [-0.39, 0.29) is 11.5 Å². The van der Waals surface area contributed by atoms with Crippen LogP contribution < -0.4 is 15.8 Å². The highest BCUT2D eigenvalue weighted by Gasteiger charge is 2.43. The van der Waals surface area contributed by atoms with Gasteiger partial charge in [0.25, 0.3) is 0 Å². The van der Waals surface area contributed by atoms with Crippen LogP contribution in [-0.4, -0.2) is 31.9 Å². The van der Waals surface area contributed by atoms with Gasteiger partial charge in [-0.2, -0.15) is 0 Å². The smallest absolute Gasteiger partial charge is 0.410 e. The van der Waals surface area contributed by atoms with Crippen LogP contribution in [-0.2, 0) is 16.6 Å². The fourth-order valence-electron chi connectivity index (χ4n) is 4.87. The van der Waals surface area contributed by atoms with Crippen LogP contribution in [0.2, 0.25) is 0 Å². The van der Waals surface area contributed by atoms with Crippen molar-refractivity contribution in [2.75, 3.05) is 19.8 Å². The van der Waals surface area contributed by atoms with Gasteiger partial charge in [-0.25, -0.2) is 4.79 Å². The van der Waals surface area contributed by atoms with Crippen molar-refractivity contribution in [1.82, 2.24) is 5.32 Å². The third-order valence-corrected chi connectivity index (χ3v) is 6.65. The first-order valence-corrected chi connectivity index (χ1v) is 9.99. The molecule has 0 radical (unpaired) electrons. The molecule has 3 atom stereocenters. The minimum absolute atomic E-state index is 0.0300. The topological polar surface area (TPSA) is 73.6 Å². The number of amides is 1. The van der Waals surface area contributed by atoms with Crippen molar-refractivity contribution >= 4 is 6.09 Å². The fourth-order valence-corrected chi connectivity index (χ4v) is 4.87. The Morgan fingerprint density at radius 2 is 2.19 bits per heavy atom. The Morgan fingerprint density at radius 1 is 1.35 bits per heavy atom. The minimum Gasteiger partial charge on any atom is -0.410 e. The molecule has 1 aromatic carbocycles. The van der Waals surface area contributed by atoms with Gasteiger partial charge >= 0.3 is 6.09 Å². The monoisotopic (exact) mass is 358 g/mol. The second-order valence-corrected chi connectivity index (χ2v) is 8.50. The molecule has 1 heterocycles. The molecule has 2 bridgehead atoms. The fraction of sp³-hybridized carbons (Fsp3) is 0.667. The molecule has 5 heteroatoms. The van der Waals surface area contributed by atoms with Crippen LogP contribution in [0.15, 0.2) is 18.2 Å². The van der Waals surface area contributed by atoms with E-state index < -0.39 is 6.09 Å². The summed E-state index contributed by atoms with van der Waals surface area (Å²) >= 11 is 0. The normalized spacial score (nSPS) is 31.2. The lowest BCUT2D eigenvalue weighted by molar-refractivity contribution is -0.0298. The predicted molar refractivity (Wildman–Crippen MR) is 100 cm³/mol. The van der Waals surface area contributed by atoms with Gasteiger partial charge in [0.2, 0.25) is 0 Å². The number of carbonyl (C=O) groups excluding carboxylic acids is 1. The average Bonchev–Trinajstić information content (AvgIpc) is 2.58. The molecule has 5 nitrogen and oxygen atoms in total. The Kier molecular flexibility index (Phi) is 4.93. The molecule has 3 N–H and O–H groups in total. The van der Waals surface area contributed by atoms with Crippen LogP contribution >= 0.6 is 0 Å². The highest BCUT2D eigenvalue weighted by molar-refractivity contribution is 5.70. The third-order valence-electron chi connectivity index (χ3n) is 6.65. The lowest BCUT2D eigenvalue weighted by Gasteiger charge is -2.47. The van der Waals surface area contributed by atoms with Crippen molar-refractivity contribution in [2.24, 2.45) is 17.6 Å².